The van der Waals surface area contributed by atoms with E-state index in [2.05, 4.69) is 16.0 Å². The lowest BCUT2D eigenvalue weighted by Gasteiger charge is -2.12. The predicted molar refractivity (Wildman–Crippen MR) is 97.3 cm³/mol. The van der Waals surface area contributed by atoms with Crippen LogP contribution in [0.15, 0.2) is 64.4 Å². The van der Waals surface area contributed by atoms with Gasteiger partial charge in [-0.1, -0.05) is 42.1 Å². The highest BCUT2D eigenvalue weighted by atomic mass is 32.2. The Labute approximate surface area is 146 Å². The molecule has 0 spiro atoms. The van der Waals surface area contributed by atoms with Gasteiger partial charge in [0.05, 0.1) is 6.54 Å². The zero-order chi connectivity index (χ0) is 17.4. The van der Waals surface area contributed by atoms with Gasteiger partial charge >= 0.3 is 6.03 Å². The van der Waals surface area contributed by atoms with Crippen molar-refractivity contribution in [3.8, 4) is 0 Å². The topological polar surface area (TPSA) is 70.2 Å². The summed E-state index contributed by atoms with van der Waals surface area (Å²) in [6, 6.07) is 17.3. The van der Waals surface area contributed by atoms with Crippen LogP contribution in [-0.4, -0.2) is 24.5 Å². The molecule has 0 saturated heterocycles. The van der Waals surface area contributed by atoms with Crippen molar-refractivity contribution in [1.82, 2.24) is 10.6 Å². The molecule has 0 aliphatic carbocycles. The van der Waals surface area contributed by atoms with Crippen LogP contribution in [0, 0.1) is 0 Å². The minimum absolute atomic E-state index is 0.0197. The molecular formula is C18H21N3O2S. The molecule has 2 aromatic rings. The number of rotatable bonds is 6. The lowest BCUT2D eigenvalue weighted by atomic mass is 10.3. The Kier molecular flexibility index (Phi) is 6.69. The summed E-state index contributed by atoms with van der Waals surface area (Å²) in [5.41, 5.74) is 0.853. The zero-order valence-electron chi connectivity index (χ0n) is 13.7. The first-order valence-electron chi connectivity index (χ1n) is 7.71. The molecule has 24 heavy (non-hydrogen) atoms. The number of hydrogen-bond acceptors (Lipinski definition) is 4. The second kappa shape index (κ2) is 8.98. The number of imide groups is 1. The lowest BCUT2D eigenvalue weighted by molar-refractivity contribution is -0.118. The first-order valence-corrected chi connectivity index (χ1v) is 8.52. The number of carbonyl (C=O) groups excluding carboxylic acids is 2. The van der Waals surface area contributed by atoms with Crippen LogP contribution in [0.5, 0.6) is 0 Å². The van der Waals surface area contributed by atoms with Gasteiger partial charge in [0.15, 0.2) is 0 Å². The van der Waals surface area contributed by atoms with E-state index in [1.165, 1.54) is 0 Å². The summed E-state index contributed by atoms with van der Waals surface area (Å²) in [5, 5.41) is 7.98. The van der Waals surface area contributed by atoms with Crippen molar-refractivity contribution in [1.29, 1.82) is 0 Å². The maximum absolute atomic E-state index is 11.8. The van der Waals surface area contributed by atoms with Gasteiger partial charge in [0.25, 0.3) is 0 Å². The third-order valence-corrected chi connectivity index (χ3v) is 4.05. The normalized spacial score (nSPS) is 10.3. The summed E-state index contributed by atoms with van der Waals surface area (Å²) in [5.74, 6) is -0.382. The summed E-state index contributed by atoms with van der Waals surface area (Å²) >= 11 is 1.61. The molecule has 0 heterocycles. The van der Waals surface area contributed by atoms with Crippen molar-refractivity contribution in [3.63, 3.8) is 0 Å². The molecule has 3 amide bonds. The Morgan fingerprint density at radius 3 is 2.38 bits per heavy atom. The van der Waals surface area contributed by atoms with E-state index >= 15 is 0 Å². The number of para-hydroxylation sites is 1. The van der Waals surface area contributed by atoms with E-state index in [4.69, 9.17) is 0 Å². The van der Waals surface area contributed by atoms with Gasteiger partial charge in [0, 0.05) is 21.5 Å². The lowest BCUT2D eigenvalue weighted by Crippen LogP contribution is -2.44. The fraction of sp³-hybridized carbons (Fsp3) is 0.222. The quantitative estimate of drug-likeness (QED) is 0.751. The zero-order valence-corrected chi connectivity index (χ0v) is 14.5. The van der Waals surface area contributed by atoms with Gasteiger partial charge in [0.2, 0.25) is 5.91 Å². The highest BCUT2D eigenvalue weighted by Crippen LogP contribution is 2.32. The minimum atomic E-state index is -0.483. The number of amides is 3. The fourth-order valence-electron chi connectivity index (χ4n) is 1.96. The minimum Gasteiger partial charge on any atom is -0.375 e. The summed E-state index contributed by atoms with van der Waals surface area (Å²) in [4.78, 5) is 25.5. The van der Waals surface area contributed by atoms with E-state index in [9.17, 15) is 9.59 Å². The van der Waals surface area contributed by atoms with Gasteiger partial charge in [-0.2, -0.15) is 0 Å². The summed E-state index contributed by atoms with van der Waals surface area (Å²) < 4.78 is 0. The smallest absolute Gasteiger partial charge is 0.321 e. The maximum atomic E-state index is 11.8. The highest BCUT2D eigenvalue weighted by molar-refractivity contribution is 7.99. The van der Waals surface area contributed by atoms with Gasteiger partial charge in [-0.15, -0.1) is 0 Å². The largest absolute Gasteiger partial charge is 0.375 e. The Balaban J connectivity index is 1.93. The van der Waals surface area contributed by atoms with Crippen LogP contribution in [-0.2, 0) is 4.79 Å². The molecule has 0 saturated carbocycles. The molecule has 0 radical (unpaired) electrons. The van der Waals surface area contributed by atoms with Crippen molar-refractivity contribution < 1.29 is 9.59 Å². The Morgan fingerprint density at radius 1 is 1.00 bits per heavy atom. The monoisotopic (exact) mass is 343 g/mol. The fourth-order valence-corrected chi connectivity index (χ4v) is 2.91. The van der Waals surface area contributed by atoms with Gasteiger partial charge < -0.3 is 10.6 Å². The SMILES string of the molecule is CC(C)NC(=O)NC(=O)CNc1ccccc1Sc1ccccc1. The van der Waals surface area contributed by atoms with Crippen LogP contribution < -0.4 is 16.0 Å². The number of anilines is 1. The maximum Gasteiger partial charge on any atom is 0.321 e. The van der Waals surface area contributed by atoms with E-state index in [0.717, 1.165) is 15.5 Å². The summed E-state index contributed by atoms with van der Waals surface area (Å²) in [6.45, 7) is 3.69. The Bertz CT molecular complexity index is 690. The molecule has 2 aromatic carbocycles. The van der Waals surface area contributed by atoms with Gasteiger partial charge in [-0.05, 0) is 38.1 Å². The third-order valence-electron chi connectivity index (χ3n) is 2.97. The van der Waals surface area contributed by atoms with E-state index in [1.54, 1.807) is 11.8 Å². The number of urea groups is 1. The summed E-state index contributed by atoms with van der Waals surface area (Å²) in [7, 11) is 0. The molecule has 0 aliphatic heterocycles. The van der Waals surface area contributed by atoms with Crippen LogP contribution >= 0.6 is 11.8 Å². The highest BCUT2D eigenvalue weighted by Gasteiger charge is 2.09. The molecule has 0 aliphatic rings. The van der Waals surface area contributed by atoms with E-state index in [-0.39, 0.29) is 18.5 Å². The number of benzene rings is 2. The third kappa shape index (κ3) is 5.96. The average molecular weight is 343 g/mol. The van der Waals surface area contributed by atoms with Gasteiger partial charge in [0.1, 0.15) is 0 Å². The molecule has 2 rings (SSSR count). The molecule has 0 aromatic heterocycles. The molecule has 0 fully saturated rings. The molecule has 5 nitrogen and oxygen atoms in total. The van der Waals surface area contributed by atoms with Crippen molar-refractivity contribution in [3.05, 3.63) is 54.6 Å². The van der Waals surface area contributed by atoms with Crippen molar-refractivity contribution in [2.24, 2.45) is 0 Å². The summed E-state index contributed by atoms with van der Waals surface area (Å²) in [6.07, 6.45) is 0. The predicted octanol–water partition coefficient (Wildman–Crippen LogP) is 3.48. The first-order chi connectivity index (χ1) is 11.5. The number of nitrogens with one attached hydrogen (secondary N) is 3. The van der Waals surface area contributed by atoms with Gasteiger partial charge in [-0.3, -0.25) is 10.1 Å². The molecule has 0 unspecified atom stereocenters. The molecule has 0 bridgehead atoms. The molecular weight excluding hydrogens is 322 g/mol. The van der Waals surface area contributed by atoms with Crippen molar-refractivity contribution >= 4 is 29.4 Å². The molecule has 6 heteroatoms. The molecule has 126 valence electrons. The van der Waals surface area contributed by atoms with Gasteiger partial charge in [-0.25, -0.2) is 4.79 Å². The van der Waals surface area contributed by atoms with E-state index < -0.39 is 6.03 Å². The van der Waals surface area contributed by atoms with Crippen LogP contribution in [0.1, 0.15) is 13.8 Å². The van der Waals surface area contributed by atoms with Crippen LogP contribution in [0.2, 0.25) is 0 Å². The van der Waals surface area contributed by atoms with Crippen molar-refractivity contribution in [2.75, 3.05) is 11.9 Å². The molecule has 0 atom stereocenters. The number of hydrogen-bond donors (Lipinski definition) is 3. The van der Waals surface area contributed by atoms with Crippen LogP contribution in [0.4, 0.5) is 10.5 Å². The molecule has 3 N–H and O–H groups in total. The van der Waals surface area contributed by atoms with E-state index in [1.807, 2.05) is 68.4 Å². The first kappa shape index (κ1) is 17.9. The average Bonchev–Trinajstić information content (AvgIpc) is 2.54. The van der Waals surface area contributed by atoms with E-state index in [0.29, 0.717) is 0 Å². The Hall–Kier alpha value is -2.47. The second-order valence-electron chi connectivity index (χ2n) is 5.44. The Morgan fingerprint density at radius 2 is 1.67 bits per heavy atom. The van der Waals surface area contributed by atoms with Crippen molar-refractivity contribution in [2.45, 2.75) is 29.7 Å². The number of carbonyl (C=O) groups is 2. The standard InChI is InChI=1S/C18H21N3O2S/c1-13(2)20-18(23)21-17(22)12-19-15-10-6-7-11-16(15)24-14-8-4-3-5-9-14/h3-11,13,19H,12H2,1-2H3,(H2,20,21,22,23). The van der Waals surface area contributed by atoms with Crippen LogP contribution in [0.3, 0.4) is 0 Å². The second-order valence-corrected chi connectivity index (χ2v) is 6.56. The van der Waals surface area contributed by atoms with Crippen LogP contribution in [0.25, 0.3) is 0 Å².